The Hall–Kier alpha value is -3.33. The summed E-state index contributed by atoms with van der Waals surface area (Å²) >= 11 is 1.72. The Morgan fingerprint density at radius 3 is 2.58 bits per heavy atom. The number of aromatic nitrogens is 3. The molecule has 3 aromatic rings. The van der Waals surface area contributed by atoms with Crippen molar-refractivity contribution in [2.75, 3.05) is 11.5 Å². The SMILES string of the molecule is O=CN(Cc1cn(-c2cc(F)c(C3=CCSCC3)c(F)c2)nn1)C(=O)c1ccccc1. The first-order valence-electron chi connectivity index (χ1n) is 9.56. The van der Waals surface area contributed by atoms with Crippen molar-refractivity contribution in [3.05, 3.63) is 83.2 Å². The van der Waals surface area contributed by atoms with Crippen LogP contribution in [0.2, 0.25) is 0 Å². The van der Waals surface area contributed by atoms with E-state index in [2.05, 4.69) is 10.3 Å². The summed E-state index contributed by atoms with van der Waals surface area (Å²) in [5, 5.41) is 7.82. The molecule has 4 rings (SSSR count). The van der Waals surface area contributed by atoms with Gasteiger partial charge in [0.05, 0.1) is 18.4 Å². The first-order valence-corrected chi connectivity index (χ1v) is 10.7. The van der Waals surface area contributed by atoms with Crippen molar-refractivity contribution in [2.45, 2.75) is 13.0 Å². The molecule has 2 amide bonds. The molecule has 31 heavy (non-hydrogen) atoms. The Kier molecular flexibility index (Phi) is 6.22. The third-order valence-corrected chi connectivity index (χ3v) is 5.75. The number of hydrogen-bond donors (Lipinski definition) is 0. The third kappa shape index (κ3) is 4.56. The molecule has 1 aliphatic heterocycles. The van der Waals surface area contributed by atoms with Crippen molar-refractivity contribution in [3.8, 4) is 5.69 Å². The number of halogens is 2. The lowest BCUT2D eigenvalue weighted by atomic mass is 10.0. The van der Waals surface area contributed by atoms with Gasteiger partial charge in [0.2, 0.25) is 6.41 Å². The maximum absolute atomic E-state index is 14.7. The lowest BCUT2D eigenvalue weighted by Gasteiger charge is -2.15. The molecule has 1 aromatic heterocycles. The van der Waals surface area contributed by atoms with Gasteiger partial charge in [-0.1, -0.05) is 29.5 Å². The summed E-state index contributed by atoms with van der Waals surface area (Å²) in [6, 6.07) is 10.8. The summed E-state index contributed by atoms with van der Waals surface area (Å²) in [4.78, 5) is 24.8. The minimum Gasteiger partial charge on any atom is -0.278 e. The average Bonchev–Trinajstić information content (AvgIpc) is 3.26. The molecule has 0 saturated carbocycles. The minimum atomic E-state index is -0.668. The van der Waals surface area contributed by atoms with Crippen LogP contribution in [0.25, 0.3) is 11.3 Å². The normalized spacial score (nSPS) is 13.5. The highest BCUT2D eigenvalue weighted by atomic mass is 32.2. The largest absolute Gasteiger partial charge is 0.278 e. The van der Waals surface area contributed by atoms with Gasteiger partial charge in [0, 0.05) is 29.0 Å². The average molecular weight is 440 g/mol. The van der Waals surface area contributed by atoms with Gasteiger partial charge in [0.1, 0.15) is 17.3 Å². The van der Waals surface area contributed by atoms with Crippen molar-refractivity contribution >= 4 is 29.7 Å². The quantitative estimate of drug-likeness (QED) is 0.545. The Bertz CT molecular complexity index is 1120. The lowest BCUT2D eigenvalue weighted by Crippen LogP contribution is -2.29. The minimum absolute atomic E-state index is 0.00928. The number of carbonyl (C=O) groups excluding carboxylic acids is 2. The predicted molar refractivity (Wildman–Crippen MR) is 114 cm³/mol. The van der Waals surface area contributed by atoms with E-state index in [1.807, 2.05) is 6.08 Å². The van der Waals surface area contributed by atoms with E-state index in [0.717, 1.165) is 16.4 Å². The van der Waals surface area contributed by atoms with Gasteiger partial charge in [-0.05, 0) is 29.9 Å². The van der Waals surface area contributed by atoms with E-state index in [1.54, 1.807) is 42.1 Å². The van der Waals surface area contributed by atoms with Crippen molar-refractivity contribution in [3.63, 3.8) is 0 Å². The Morgan fingerprint density at radius 2 is 1.94 bits per heavy atom. The summed E-state index contributed by atoms with van der Waals surface area (Å²) in [6.45, 7) is -0.120. The molecule has 2 aromatic carbocycles. The van der Waals surface area contributed by atoms with E-state index in [1.165, 1.54) is 23.0 Å². The zero-order valence-electron chi connectivity index (χ0n) is 16.4. The highest BCUT2D eigenvalue weighted by Crippen LogP contribution is 2.31. The van der Waals surface area contributed by atoms with Gasteiger partial charge < -0.3 is 0 Å². The van der Waals surface area contributed by atoms with Crippen LogP contribution in [0.4, 0.5) is 8.78 Å². The van der Waals surface area contributed by atoms with Crippen LogP contribution in [0.5, 0.6) is 0 Å². The number of benzene rings is 2. The molecule has 0 spiro atoms. The van der Waals surface area contributed by atoms with Crippen LogP contribution >= 0.6 is 11.8 Å². The second-order valence-corrected chi connectivity index (χ2v) is 8.05. The fourth-order valence-electron chi connectivity index (χ4n) is 3.33. The van der Waals surface area contributed by atoms with E-state index in [4.69, 9.17) is 0 Å². The topological polar surface area (TPSA) is 68.1 Å². The first kappa shape index (κ1) is 20.9. The molecule has 0 N–H and O–H groups in total. The van der Waals surface area contributed by atoms with Crippen molar-refractivity contribution in [2.24, 2.45) is 0 Å². The molecule has 0 saturated heterocycles. The highest BCUT2D eigenvalue weighted by molar-refractivity contribution is 7.99. The Balaban J connectivity index is 1.55. The molecule has 0 bridgehead atoms. The highest BCUT2D eigenvalue weighted by Gasteiger charge is 2.20. The van der Waals surface area contributed by atoms with Gasteiger partial charge in [0.25, 0.3) is 5.91 Å². The monoisotopic (exact) mass is 440 g/mol. The number of hydrogen-bond acceptors (Lipinski definition) is 5. The van der Waals surface area contributed by atoms with E-state index in [9.17, 15) is 18.4 Å². The maximum atomic E-state index is 14.7. The Morgan fingerprint density at radius 1 is 1.19 bits per heavy atom. The number of rotatable bonds is 6. The summed E-state index contributed by atoms with van der Waals surface area (Å²) < 4.78 is 30.6. The standard InChI is InChI=1S/C22H18F2N4O2S/c23-19-10-18(11-20(24)21(19)15-6-8-31-9-7-15)28-13-17(25-26-28)12-27(14-29)22(30)16-4-2-1-3-5-16/h1-6,10-11,13-14H,7-9,12H2. The van der Waals surface area contributed by atoms with E-state index >= 15 is 0 Å². The van der Waals surface area contributed by atoms with Crippen LogP contribution in [0.15, 0.2) is 54.7 Å². The van der Waals surface area contributed by atoms with Gasteiger partial charge in [-0.3, -0.25) is 14.5 Å². The molecule has 6 nitrogen and oxygen atoms in total. The van der Waals surface area contributed by atoms with Gasteiger partial charge in [-0.15, -0.1) is 5.10 Å². The lowest BCUT2D eigenvalue weighted by molar-refractivity contribution is -0.116. The summed E-state index contributed by atoms with van der Waals surface area (Å²) in [5.41, 5.74) is 1.48. The van der Waals surface area contributed by atoms with E-state index in [-0.39, 0.29) is 17.8 Å². The number of nitrogens with zero attached hydrogens (tertiary/aromatic N) is 4. The van der Waals surface area contributed by atoms with Crippen molar-refractivity contribution in [1.29, 1.82) is 0 Å². The van der Waals surface area contributed by atoms with Crippen LogP contribution in [-0.2, 0) is 11.3 Å². The van der Waals surface area contributed by atoms with E-state index in [0.29, 0.717) is 29.7 Å². The number of carbonyl (C=O) groups is 2. The molecule has 158 valence electrons. The Labute approximate surface area is 181 Å². The molecule has 0 atom stereocenters. The molecule has 1 aliphatic rings. The zero-order valence-corrected chi connectivity index (χ0v) is 17.2. The van der Waals surface area contributed by atoms with Gasteiger partial charge >= 0.3 is 0 Å². The number of allylic oxidation sites excluding steroid dienone is 1. The van der Waals surface area contributed by atoms with Crippen molar-refractivity contribution in [1.82, 2.24) is 19.9 Å². The molecule has 0 unspecified atom stereocenters. The maximum Gasteiger partial charge on any atom is 0.260 e. The summed E-state index contributed by atoms with van der Waals surface area (Å²) in [7, 11) is 0. The molecule has 0 fully saturated rings. The first-order chi connectivity index (χ1) is 15.1. The molecule has 9 heteroatoms. The van der Waals surface area contributed by atoms with Crippen molar-refractivity contribution < 1.29 is 18.4 Å². The molecule has 2 heterocycles. The molecular formula is C22H18F2N4O2S. The van der Waals surface area contributed by atoms with Crippen LogP contribution in [0.1, 0.15) is 28.0 Å². The predicted octanol–water partition coefficient (Wildman–Crippen LogP) is 3.86. The van der Waals surface area contributed by atoms with E-state index < -0.39 is 17.5 Å². The molecular weight excluding hydrogens is 422 g/mol. The van der Waals surface area contributed by atoms with Crippen LogP contribution in [-0.4, -0.2) is 43.7 Å². The van der Waals surface area contributed by atoms with Crippen LogP contribution in [0.3, 0.4) is 0 Å². The third-order valence-electron chi connectivity index (χ3n) is 4.86. The van der Waals surface area contributed by atoms with Gasteiger partial charge in [-0.2, -0.15) is 11.8 Å². The summed E-state index contributed by atoms with van der Waals surface area (Å²) in [5.74, 6) is -0.256. The molecule has 0 radical (unpaired) electrons. The fourth-order valence-corrected chi connectivity index (χ4v) is 4.18. The summed E-state index contributed by atoms with van der Waals surface area (Å²) in [6.07, 6.45) is 4.31. The van der Waals surface area contributed by atoms with Gasteiger partial charge in [0.15, 0.2) is 0 Å². The van der Waals surface area contributed by atoms with Crippen LogP contribution < -0.4 is 0 Å². The fraction of sp³-hybridized carbons (Fsp3) is 0.182. The smallest absolute Gasteiger partial charge is 0.260 e. The van der Waals surface area contributed by atoms with Gasteiger partial charge in [-0.25, -0.2) is 13.5 Å². The molecule has 0 aliphatic carbocycles. The zero-order chi connectivity index (χ0) is 21.8. The van der Waals surface area contributed by atoms with Crippen LogP contribution in [0, 0.1) is 11.6 Å². The number of imide groups is 1. The number of thioether (sulfide) groups is 1. The second-order valence-electron chi connectivity index (χ2n) is 6.90. The second kappa shape index (κ2) is 9.22. The number of amides is 2.